The first kappa shape index (κ1) is 13.2. The van der Waals surface area contributed by atoms with Gasteiger partial charge in [0.05, 0.1) is 20.3 Å². The van der Waals surface area contributed by atoms with Gasteiger partial charge in [0.1, 0.15) is 11.5 Å². The second-order valence-corrected chi connectivity index (χ2v) is 5.12. The summed E-state index contributed by atoms with van der Waals surface area (Å²) in [4.78, 5) is 0. The van der Waals surface area contributed by atoms with Crippen LogP contribution in [0.5, 0.6) is 11.5 Å². The van der Waals surface area contributed by atoms with Crippen LogP contribution in [0.1, 0.15) is 37.9 Å². The Morgan fingerprint density at radius 2 is 2.00 bits per heavy atom. The van der Waals surface area contributed by atoms with E-state index in [0.717, 1.165) is 17.7 Å². The number of rotatable bonds is 4. The van der Waals surface area contributed by atoms with Crippen LogP contribution in [0, 0.1) is 11.8 Å². The van der Waals surface area contributed by atoms with Gasteiger partial charge >= 0.3 is 0 Å². The molecule has 3 nitrogen and oxygen atoms in total. The van der Waals surface area contributed by atoms with Crippen molar-refractivity contribution < 1.29 is 14.6 Å². The fraction of sp³-hybridized carbons (Fsp3) is 0.600. The number of hydrogen-bond donors (Lipinski definition) is 1. The zero-order chi connectivity index (χ0) is 13.1. The highest BCUT2D eigenvalue weighted by molar-refractivity contribution is 5.42. The molecule has 3 atom stereocenters. The van der Waals surface area contributed by atoms with E-state index in [1.807, 2.05) is 18.2 Å². The second-order valence-electron chi connectivity index (χ2n) is 5.12. The van der Waals surface area contributed by atoms with Gasteiger partial charge in [-0.05, 0) is 30.4 Å². The third-order valence-corrected chi connectivity index (χ3v) is 4.09. The molecule has 3 unspecified atom stereocenters. The number of methoxy groups -OCH3 is 2. The van der Waals surface area contributed by atoms with Crippen molar-refractivity contribution in [2.75, 3.05) is 14.2 Å². The van der Waals surface area contributed by atoms with Gasteiger partial charge in [-0.3, -0.25) is 0 Å². The van der Waals surface area contributed by atoms with Gasteiger partial charge in [-0.2, -0.15) is 0 Å². The topological polar surface area (TPSA) is 38.7 Å². The number of aliphatic hydroxyl groups is 1. The van der Waals surface area contributed by atoms with Crippen molar-refractivity contribution in [3.05, 3.63) is 23.8 Å². The number of benzene rings is 1. The number of aliphatic hydroxyl groups excluding tert-OH is 1. The molecule has 0 aromatic heterocycles. The SMILES string of the molecule is COc1ccc(C(O)C2CCCC2C)c(OC)c1. The van der Waals surface area contributed by atoms with E-state index >= 15 is 0 Å². The molecule has 0 heterocycles. The quantitative estimate of drug-likeness (QED) is 0.892. The lowest BCUT2D eigenvalue weighted by molar-refractivity contribution is 0.0874. The first-order valence-electron chi connectivity index (χ1n) is 6.57. The van der Waals surface area contributed by atoms with Crippen molar-refractivity contribution in [2.24, 2.45) is 11.8 Å². The van der Waals surface area contributed by atoms with Gasteiger partial charge < -0.3 is 14.6 Å². The van der Waals surface area contributed by atoms with Gasteiger partial charge in [0.15, 0.2) is 0 Å². The summed E-state index contributed by atoms with van der Waals surface area (Å²) in [6.07, 6.45) is 3.07. The first-order chi connectivity index (χ1) is 8.67. The highest BCUT2D eigenvalue weighted by Gasteiger charge is 2.32. The van der Waals surface area contributed by atoms with Crippen LogP contribution < -0.4 is 9.47 Å². The first-order valence-corrected chi connectivity index (χ1v) is 6.57. The maximum atomic E-state index is 10.5. The molecule has 0 spiro atoms. The molecule has 1 aliphatic carbocycles. The van der Waals surface area contributed by atoms with E-state index in [0.29, 0.717) is 17.6 Å². The summed E-state index contributed by atoms with van der Waals surface area (Å²) in [7, 11) is 3.26. The van der Waals surface area contributed by atoms with Crippen LogP contribution in [0.15, 0.2) is 18.2 Å². The molecule has 1 N–H and O–H groups in total. The third kappa shape index (κ3) is 2.46. The lowest BCUT2D eigenvalue weighted by Gasteiger charge is -2.24. The molecule has 1 aliphatic rings. The van der Waals surface area contributed by atoms with E-state index in [-0.39, 0.29) is 0 Å². The fourth-order valence-corrected chi connectivity index (χ4v) is 2.94. The van der Waals surface area contributed by atoms with E-state index in [9.17, 15) is 5.11 Å². The molecule has 3 heteroatoms. The molecule has 0 amide bonds. The van der Waals surface area contributed by atoms with Gasteiger partial charge in [0, 0.05) is 11.6 Å². The van der Waals surface area contributed by atoms with Crippen LogP contribution in [0.4, 0.5) is 0 Å². The smallest absolute Gasteiger partial charge is 0.128 e. The predicted octanol–water partition coefficient (Wildman–Crippen LogP) is 3.17. The molecule has 0 aliphatic heterocycles. The van der Waals surface area contributed by atoms with Gasteiger partial charge in [0.2, 0.25) is 0 Å². The maximum Gasteiger partial charge on any atom is 0.128 e. The standard InChI is InChI=1S/C15H22O3/c1-10-5-4-6-12(10)15(16)13-8-7-11(17-2)9-14(13)18-3/h7-10,12,15-16H,4-6H2,1-3H3. The Balaban J connectivity index is 2.26. The Kier molecular flexibility index (Phi) is 4.12. The van der Waals surface area contributed by atoms with E-state index < -0.39 is 6.10 Å². The summed E-state index contributed by atoms with van der Waals surface area (Å²) in [5.74, 6) is 2.38. The van der Waals surface area contributed by atoms with Crippen molar-refractivity contribution in [3.8, 4) is 11.5 Å². The summed E-state index contributed by atoms with van der Waals surface area (Å²) in [5, 5.41) is 10.5. The molecule has 2 rings (SSSR count). The zero-order valence-corrected chi connectivity index (χ0v) is 11.3. The molecule has 1 saturated carbocycles. The highest BCUT2D eigenvalue weighted by atomic mass is 16.5. The van der Waals surface area contributed by atoms with Gasteiger partial charge in [0.25, 0.3) is 0 Å². The monoisotopic (exact) mass is 250 g/mol. The molecule has 18 heavy (non-hydrogen) atoms. The summed E-state index contributed by atoms with van der Waals surface area (Å²) < 4.78 is 10.5. The summed E-state index contributed by atoms with van der Waals surface area (Å²) >= 11 is 0. The molecule has 100 valence electrons. The number of hydrogen-bond acceptors (Lipinski definition) is 3. The van der Waals surface area contributed by atoms with Crippen LogP contribution in [0.25, 0.3) is 0 Å². The molecule has 1 aromatic carbocycles. The molecule has 1 aromatic rings. The van der Waals surface area contributed by atoms with Gasteiger partial charge in [-0.15, -0.1) is 0 Å². The van der Waals surface area contributed by atoms with Crippen LogP contribution in [-0.4, -0.2) is 19.3 Å². The van der Waals surface area contributed by atoms with Crippen molar-refractivity contribution in [2.45, 2.75) is 32.3 Å². The summed E-state index contributed by atoms with van der Waals surface area (Å²) in [6, 6.07) is 5.62. The Labute approximate surface area is 109 Å². The normalized spacial score (nSPS) is 24.9. The molecular weight excluding hydrogens is 228 g/mol. The van der Waals surface area contributed by atoms with Crippen molar-refractivity contribution in [3.63, 3.8) is 0 Å². The predicted molar refractivity (Wildman–Crippen MR) is 71.0 cm³/mol. The molecular formula is C15H22O3. The van der Waals surface area contributed by atoms with E-state index in [1.165, 1.54) is 12.8 Å². The van der Waals surface area contributed by atoms with Crippen molar-refractivity contribution >= 4 is 0 Å². The fourth-order valence-electron chi connectivity index (χ4n) is 2.94. The second kappa shape index (κ2) is 5.61. The molecule has 1 fully saturated rings. The summed E-state index contributed by atoms with van der Waals surface area (Å²) in [6.45, 7) is 2.22. The number of ether oxygens (including phenoxy) is 2. The Morgan fingerprint density at radius 3 is 2.56 bits per heavy atom. The van der Waals surface area contributed by atoms with Gasteiger partial charge in [-0.1, -0.05) is 19.8 Å². The summed E-state index contributed by atoms with van der Waals surface area (Å²) in [5.41, 5.74) is 0.872. The minimum absolute atomic E-state index is 0.340. The molecule has 0 saturated heterocycles. The average Bonchev–Trinajstić information content (AvgIpc) is 2.83. The van der Waals surface area contributed by atoms with Crippen LogP contribution in [0.3, 0.4) is 0 Å². The Bertz CT molecular complexity index is 403. The van der Waals surface area contributed by atoms with Crippen LogP contribution in [0.2, 0.25) is 0 Å². The van der Waals surface area contributed by atoms with Crippen LogP contribution >= 0.6 is 0 Å². The largest absolute Gasteiger partial charge is 0.497 e. The third-order valence-electron chi connectivity index (χ3n) is 4.09. The highest BCUT2D eigenvalue weighted by Crippen LogP contribution is 2.42. The molecule has 0 bridgehead atoms. The zero-order valence-electron chi connectivity index (χ0n) is 11.3. The average molecular weight is 250 g/mol. The van der Waals surface area contributed by atoms with E-state index in [1.54, 1.807) is 14.2 Å². The van der Waals surface area contributed by atoms with Crippen molar-refractivity contribution in [1.82, 2.24) is 0 Å². The minimum atomic E-state index is -0.441. The van der Waals surface area contributed by atoms with Crippen LogP contribution in [-0.2, 0) is 0 Å². The van der Waals surface area contributed by atoms with Gasteiger partial charge in [-0.25, -0.2) is 0 Å². The van der Waals surface area contributed by atoms with E-state index in [4.69, 9.17) is 9.47 Å². The van der Waals surface area contributed by atoms with Crippen molar-refractivity contribution in [1.29, 1.82) is 0 Å². The maximum absolute atomic E-state index is 10.5. The van der Waals surface area contributed by atoms with E-state index in [2.05, 4.69) is 6.92 Å². The minimum Gasteiger partial charge on any atom is -0.497 e. The Hall–Kier alpha value is -1.22. The lowest BCUT2D eigenvalue weighted by Crippen LogP contribution is -2.15. The Morgan fingerprint density at radius 1 is 1.22 bits per heavy atom. The lowest BCUT2D eigenvalue weighted by atomic mass is 9.87. The molecule has 0 radical (unpaired) electrons.